The van der Waals surface area contributed by atoms with Crippen LogP contribution in [0, 0.1) is 0 Å². The molecule has 0 aromatic carbocycles. The molecule has 0 atom stereocenters. The van der Waals surface area contributed by atoms with Gasteiger partial charge in [0.15, 0.2) is 0 Å². The van der Waals surface area contributed by atoms with E-state index >= 15 is 0 Å². The molecular formula is C4H9N3Si2. The average Bonchev–Trinajstić information content (AvgIpc) is 1.90. The summed E-state index contributed by atoms with van der Waals surface area (Å²) in [6.07, 6.45) is 3.54. The van der Waals surface area contributed by atoms with Gasteiger partial charge in [0, 0.05) is 12.4 Å². The minimum Gasteiger partial charge on any atom is -0.410 e. The van der Waals surface area contributed by atoms with Crippen molar-refractivity contribution in [3.63, 3.8) is 0 Å². The smallest absolute Gasteiger partial charge is 0.207 e. The Bertz CT molecular complexity index is 176. The Morgan fingerprint density at radius 2 is 1.78 bits per heavy atom. The largest absolute Gasteiger partial charge is 0.410 e. The Kier molecular flexibility index (Phi) is 1.96. The molecule has 9 heavy (non-hydrogen) atoms. The van der Waals surface area contributed by atoms with Crippen LogP contribution in [-0.2, 0) is 0 Å². The Hall–Kier alpha value is -0.686. The molecule has 0 bridgehead atoms. The van der Waals surface area contributed by atoms with Crippen LogP contribution in [0.2, 0.25) is 0 Å². The number of nitrogens with zero attached hydrogens (tertiary/aromatic N) is 3. The van der Waals surface area contributed by atoms with E-state index in [1.54, 1.807) is 12.4 Å². The molecule has 0 aliphatic rings. The van der Waals surface area contributed by atoms with Crippen molar-refractivity contribution in [2.45, 2.75) is 0 Å². The van der Waals surface area contributed by atoms with Gasteiger partial charge in [0.25, 0.3) is 0 Å². The lowest BCUT2D eigenvalue weighted by molar-refractivity contribution is 1.15. The van der Waals surface area contributed by atoms with Gasteiger partial charge in [0.1, 0.15) is 20.8 Å². The highest BCUT2D eigenvalue weighted by molar-refractivity contribution is 6.40. The van der Waals surface area contributed by atoms with Crippen LogP contribution in [0.15, 0.2) is 18.5 Å². The van der Waals surface area contributed by atoms with Crippen molar-refractivity contribution in [3.05, 3.63) is 18.5 Å². The molecule has 0 N–H and O–H groups in total. The monoisotopic (exact) mass is 155 g/mol. The highest BCUT2D eigenvalue weighted by Gasteiger charge is 1.90. The number of anilines is 1. The third kappa shape index (κ3) is 1.61. The van der Waals surface area contributed by atoms with Crippen LogP contribution in [0.25, 0.3) is 0 Å². The molecule has 0 fully saturated rings. The molecule has 0 saturated carbocycles. The standard InChI is InChI=1S/C4H9N3Si2/c8-7(9)4-5-2-1-3-6-4/h1-3H,8-9H3. The van der Waals surface area contributed by atoms with Crippen LogP contribution in [0.1, 0.15) is 0 Å². The predicted molar refractivity (Wildman–Crippen MR) is 44.4 cm³/mol. The minimum absolute atomic E-state index is 0.871. The lowest BCUT2D eigenvalue weighted by Gasteiger charge is -2.08. The number of hydrogen-bond acceptors (Lipinski definition) is 3. The van der Waals surface area contributed by atoms with E-state index in [0.29, 0.717) is 0 Å². The van der Waals surface area contributed by atoms with Crippen molar-refractivity contribution in [2.75, 3.05) is 4.23 Å². The molecule has 1 aromatic heterocycles. The summed E-state index contributed by atoms with van der Waals surface area (Å²) in [5, 5.41) is 0. The fraction of sp³-hybridized carbons (Fsp3) is 0. The van der Waals surface area contributed by atoms with Gasteiger partial charge in [0.05, 0.1) is 0 Å². The molecule has 3 nitrogen and oxygen atoms in total. The van der Waals surface area contributed by atoms with E-state index in [2.05, 4.69) is 14.2 Å². The van der Waals surface area contributed by atoms with E-state index in [9.17, 15) is 0 Å². The first-order valence-electron chi connectivity index (χ1n) is 2.75. The molecule has 48 valence electrons. The van der Waals surface area contributed by atoms with Crippen LogP contribution in [0.4, 0.5) is 5.95 Å². The van der Waals surface area contributed by atoms with Crippen molar-refractivity contribution < 1.29 is 0 Å². The van der Waals surface area contributed by atoms with Crippen molar-refractivity contribution >= 4 is 26.8 Å². The van der Waals surface area contributed by atoms with E-state index in [0.717, 1.165) is 26.8 Å². The first kappa shape index (κ1) is 6.43. The third-order valence-electron chi connectivity index (χ3n) is 0.952. The van der Waals surface area contributed by atoms with E-state index in [1.807, 2.05) is 6.07 Å². The molecule has 0 spiro atoms. The van der Waals surface area contributed by atoms with Gasteiger partial charge in [-0.2, -0.15) is 0 Å². The van der Waals surface area contributed by atoms with Gasteiger partial charge < -0.3 is 4.23 Å². The summed E-state index contributed by atoms with van der Waals surface area (Å²) >= 11 is 0. The van der Waals surface area contributed by atoms with E-state index in [4.69, 9.17) is 0 Å². The highest BCUT2D eigenvalue weighted by Crippen LogP contribution is 1.95. The molecule has 1 heterocycles. The molecule has 1 aromatic rings. The Labute approximate surface area is 60.1 Å². The Balaban J connectivity index is 2.85. The molecule has 5 heteroatoms. The molecule has 0 radical (unpaired) electrons. The molecule has 0 saturated heterocycles. The first-order valence-corrected chi connectivity index (χ1v) is 4.54. The Morgan fingerprint density at radius 1 is 1.22 bits per heavy atom. The van der Waals surface area contributed by atoms with E-state index < -0.39 is 0 Å². The van der Waals surface area contributed by atoms with Gasteiger partial charge in [-0.05, 0) is 6.07 Å². The van der Waals surface area contributed by atoms with Crippen LogP contribution in [0.3, 0.4) is 0 Å². The van der Waals surface area contributed by atoms with Gasteiger partial charge in [-0.15, -0.1) is 0 Å². The second-order valence-electron chi connectivity index (χ2n) is 1.94. The second-order valence-corrected chi connectivity index (χ2v) is 6.42. The first-order chi connectivity index (χ1) is 4.30. The summed E-state index contributed by atoms with van der Waals surface area (Å²) < 4.78 is 2.14. The Morgan fingerprint density at radius 3 is 2.11 bits per heavy atom. The fourth-order valence-corrected chi connectivity index (χ4v) is 0.984. The SMILES string of the molecule is [SiH3]N([SiH3])c1ncccn1. The average molecular weight is 155 g/mol. The zero-order chi connectivity index (χ0) is 6.69. The lowest BCUT2D eigenvalue weighted by atomic mass is 10.7. The molecular weight excluding hydrogens is 146 g/mol. The lowest BCUT2D eigenvalue weighted by Crippen LogP contribution is -2.16. The number of hydrogen-bond donors (Lipinski definition) is 0. The van der Waals surface area contributed by atoms with E-state index in [1.165, 1.54) is 0 Å². The van der Waals surface area contributed by atoms with Crippen molar-refractivity contribution in [2.24, 2.45) is 0 Å². The predicted octanol–water partition coefficient (Wildman–Crippen LogP) is -2.16. The second kappa shape index (κ2) is 2.74. The van der Waals surface area contributed by atoms with Crippen LogP contribution in [-0.4, -0.2) is 30.8 Å². The van der Waals surface area contributed by atoms with Gasteiger partial charge in [-0.25, -0.2) is 9.97 Å². The van der Waals surface area contributed by atoms with Gasteiger partial charge in [-0.3, -0.25) is 0 Å². The van der Waals surface area contributed by atoms with E-state index in [-0.39, 0.29) is 0 Å². The molecule has 0 aliphatic carbocycles. The van der Waals surface area contributed by atoms with Gasteiger partial charge >= 0.3 is 0 Å². The summed E-state index contributed by atoms with van der Waals surface area (Å²) in [7, 11) is 2.05. The summed E-state index contributed by atoms with van der Waals surface area (Å²) in [5.41, 5.74) is 0. The summed E-state index contributed by atoms with van der Waals surface area (Å²) in [4.78, 5) is 8.12. The molecule has 0 unspecified atom stereocenters. The molecule has 1 rings (SSSR count). The van der Waals surface area contributed by atoms with Crippen LogP contribution in [0.5, 0.6) is 0 Å². The minimum atomic E-state index is 0.871. The zero-order valence-electron chi connectivity index (χ0n) is 5.57. The fourth-order valence-electron chi connectivity index (χ4n) is 0.522. The zero-order valence-corrected chi connectivity index (χ0v) is 9.57. The number of rotatable bonds is 1. The van der Waals surface area contributed by atoms with Crippen LogP contribution < -0.4 is 4.23 Å². The maximum absolute atomic E-state index is 4.06. The maximum atomic E-state index is 4.06. The molecule has 0 aliphatic heterocycles. The highest BCUT2D eigenvalue weighted by atomic mass is 28.2. The summed E-state index contributed by atoms with van der Waals surface area (Å²) in [6, 6.07) is 1.83. The normalized spacial score (nSPS) is 9.78. The topological polar surface area (TPSA) is 29.0 Å². The van der Waals surface area contributed by atoms with Gasteiger partial charge in [-0.1, -0.05) is 0 Å². The maximum Gasteiger partial charge on any atom is 0.207 e. The van der Waals surface area contributed by atoms with Crippen molar-refractivity contribution in [1.29, 1.82) is 0 Å². The third-order valence-corrected chi connectivity index (χ3v) is 1.75. The van der Waals surface area contributed by atoms with Crippen LogP contribution >= 0.6 is 0 Å². The summed E-state index contributed by atoms with van der Waals surface area (Å²) in [5.74, 6) is 0.871. The number of aromatic nitrogens is 2. The van der Waals surface area contributed by atoms with Gasteiger partial charge in [0.2, 0.25) is 5.95 Å². The van der Waals surface area contributed by atoms with Crippen molar-refractivity contribution in [3.8, 4) is 0 Å². The summed E-state index contributed by atoms with van der Waals surface area (Å²) in [6.45, 7) is 0. The van der Waals surface area contributed by atoms with Crippen molar-refractivity contribution in [1.82, 2.24) is 9.97 Å². The molecule has 0 amide bonds. The quantitative estimate of drug-likeness (QED) is 0.433.